The van der Waals surface area contributed by atoms with Gasteiger partial charge in [0.05, 0.1) is 12.2 Å². The molecule has 0 unspecified atom stereocenters. The number of aldehydes is 1. The number of hydrogen-bond acceptors (Lipinski definition) is 6. The molecular formula is C22H25N5O3. The number of tetrazole rings is 1. The first-order valence-corrected chi connectivity index (χ1v) is 10.2. The first kappa shape index (κ1) is 20.0. The molecule has 30 heavy (non-hydrogen) atoms. The molecule has 1 aliphatic heterocycles. The lowest BCUT2D eigenvalue weighted by atomic mass is 9.97. The van der Waals surface area contributed by atoms with Crippen LogP contribution in [0.25, 0.3) is 5.69 Å². The Morgan fingerprint density at radius 2 is 1.73 bits per heavy atom. The number of carbonyl (C=O) groups excluding carboxylic acids is 1. The van der Waals surface area contributed by atoms with Gasteiger partial charge in [0.1, 0.15) is 18.6 Å². The maximum absolute atomic E-state index is 12.6. The van der Waals surface area contributed by atoms with E-state index in [0.29, 0.717) is 30.3 Å². The lowest BCUT2D eigenvalue weighted by Gasteiger charge is -2.31. The second-order valence-electron chi connectivity index (χ2n) is 7.51. The van der Waals surface area contributed by atoms with Gasteiger partial charge in [-0.05, 0) is 78.7 Å². The van der Waals surface area contributed by atoms with Crippen LogP contribution in [-0.2, 0) is 6.54 Å². The number of likely N-dealkylation sites (tertiary alicyclic amines) is 1. The van der Waals surface area contributed by atoms with E-state index in [4.69, 9.17) is 4.74 Å². The second kappa shape index (κ2) is 9.49. The van der Waals surface area contributed by atoms with Crippen molar-refractivity contribution in [2.75, 3.05) is 26.2 Å². The molecule has 0 aliphatic carbocycles. The predicted molar refractivity (Wildman–Crippen MR) is 112 cm³/mol. The molecule has 3 aromatic rings. The lowest BCUT2D eigenvalue weighted by Crippen LogP contribution is -2.38. The maximum Gasteiger partial charge on any atom is 0.368 e. The van der Waals surface area contributed by atoms with Crippen molar-refractivity contribution in [1.82, 2.24) is 24.7 Å². The van der Waals surface area contributed by atoms with Crippen molar-refractivity contribution in [2.45, 2.75) is 19.4 Å². The van der Waals surface area contributed by atoms with Crippen LogP contribution in [0.3, 0.4) is 0 Å². The third-order valence-electron chi connectivity index (χ3n) is 5.47. The average molecular weight is 407 g/mol. The molecule has 1 aliphatic rings. The molecule has 8 nitrogen and oxygen atoms in total. The van der Waals surface area contributed by atoms with Gasteiger partial charge in [0.15, 0.2) is 0 Å². The van der Waals surface area contributed by atoms with Crippen LogP contribution < -0.4 is 10.4 Å². The molecule has 8 heteroatoms. The number of rotatable bonds is 8. The van der Waals surface area contributed by atoms with Crippen molar-refractivity contribution in [3.8, 4) is 11.4 Å². The molecule has 0 amide bonds. The van der Waals surface area contributed by atoms with Gasteiger partial charge in [0.2, 0.25) is 0 Å². The molecule has 1 aromatic heterocycles. The van der Waals surface area contributed by atoms with Crippen LogP contribution in [0.4, 0.5) is 0 Å². The minimum atomic E-state index is -0.257. The highest BCUT2D eigenvalue weighted by Gasteiger charge is 2.21. The van der Waals surface area contributed by atoms with Gasteiger partial charge >= 0.3 is 5.69 Å². The van der Waals surface area contributed by atoms with Gasteiger partial charge in [-0.2, -0.15) is 9.36 Å². The van der Waals surface area contributed by atoms with E-state index in [1.807, 2.05) is 30.3 Å². The third-order valence-corrected chi connectivity index (χ3v) is 5.47. The molecule has 0 atom stereocenters. The van der Waals surface area contributed by atoms with Crippen molar-refractivity contribution < 1.29 is 9.53 Å². The minimum Gasteiger partial charge on any atom is -0.492 e. The minimum absolute atomic E-state index is 0.257. The van der Waals surface area contributed by atoms with Crippen molar-refractivity contribution in [3.05, 3.63) is 70.6 Å². The van der Waals surface area contributed by atoms with E-state index < -0.39 is 0 Å². The van der Waals surface area contributed by atoms with Crippen molar-refractivity contribution >= 4 is 6.29 Å². The first-order valence-electron chi connectivity index (χ1n) is 10.2. The van der Waals surface area contributed by atoms with Crippen molar-refractivity contribution in [2.24, 2.45) is 5.92 Å². The molecule has 0 N–H and O–H groups in total. The summed E-state index contributed by atoms with van der Waals surface area (Å²) in [6, 6.07) is 16.6. The number of ether oxygens (including phenoxy) is 1. The fraction of sp³-hybridized carbons (Fsp3) is 0.364. The summed E-state index contributed by atoms with van der Waals surface area (Å²) in [6.45, 7) is 4.11. The Morgan fingerprint density at radius 3 is 2.43 bits per heavy atom. The van der Waals surface area contributed by atoms with Crippen LogP contribution in [0.15, 0.2) is 59.4 Å². The Hall–Kier alpha value is -3.26. The van der Waals surface area contributed by atoms with Crippen LogP contribution in [0.1, 0.15) is 23.2 Å². The number of piperidine rings is 1. The zero-order valence-corrected chi connectivity index (χ0v) is 16.8. The van der Waals surface area contributed by atoms with Crippen molar-refractivity contribution in [1.29, 1.82) is 0 Å². The number of carbonyl (C=O) groups is 1. The molecular weight excluding hydrogens is 382 g/mol. The topological polar surface area (TPSA) is 82.2 Å². The van der Waals surface area contributed by atoms with E-state index in [1.54, 1.807) is 24.3 Å². The second-order valence-corrected chi connectivity index (χ2v) is 7.51. The Morgan fingerprint density at radius 1 is 1.00 bits per heavy atom. The smallest absolute Gasteiger partial charge is 0.368 e. The van der Waals surface area contributed by atoms with Gasteiger partial charge in [-0.3, -0.25) is 9.69 Å². The normalized spacial score (nSPS) is 15.2. The SMILES string of the molecule is O=Cc1ccc(-n2nnn(CC3CCN(CCOc4ccccc4)CC3)c2=O)cc1. The maximum atomic E-state index is 12.6. The third kappa shape index (κ3) is 4.83. The van der Waals surface area contributed by atoms with E-state index in [0.717, 1.165) is 44.5 Å². The molecule has 4 rings (SSSR count). The monoisotopic (exact) mass is 407 g/mol. The number of aromatic nitrogens is 4. The van der Waals surface area contributed by atoms with E-state index in [9.17, 15) is 9.59 Å². The zero-order valence-electron chi connectivity index (χ0n) is 16.8. The summed E-state index contributed by atoms with van der Waals surface area (Å²) >= 11 is 0. The summed E-state index contributed by atoms with van der Waals surface area (Å²) in [6.07, 6.45) is 2.79. The van der Waals surface area contributed by atoms with Gasteiger partial charge in [-0.1, -0.05) is 18.2 Å². The van der Waals surface area contributed by atoms with Crippen LogP contribution in [0.2, 0.25) is 0 Å². The number of para-hydroxylation sites is 1. The van der Waals surface area contributed by atoms with E-state index in [-0.39, 0.29) is 5.69 Å². The first-order chi connectivity index (χ1) is 14.7. The molecule has 156 valence electrons. The van der Waals surface area contributed by atoms with Gasteiger partial charge in [-0.15, -0.1) is 0 Å². The van der Waals surface area contributed by atoms with Crippen molar-refractivity contribution in [3.63, 3.8) is 0 Å². The molecule has 0 bridgehead atoms. The molecule has 1 fully saturated rings. The summed E-state index contributed by atoms with van der Waals surface area (Å²) in [5.41, 5.74) is 0.901. The molecule has 0 radical (unpaired) electrons. The number of hydrogen-bond donors (Lipinski definition) is 0. The van der Waals surface area contributed by atoms with Crippen LogP contribution >= 0.6 is 0 Å². The predicted octanol–water partition coefficient (Wildman–Crippen LogP) is 2.03. The van der Waals surface area contributed by atoms with Gasteiger partial charge < -0.3 is 4.74 Å². The van der Waals surface area contributed by atoms with E-state index in [1.165, 1.54) is 9.36 Å². The Labute approximate surface area is 174 Å². The highest BCUT2D eigenvalue weighted by atomic mass is 16.5. The van der Waals surface area contributed by atoms with E-state index >= 15 is 0 Å². The van der Waals surface area contributed by atoms with E-state index in [2.05, 4.69) is 15.3 Å². The Balaban J connectivity index is 1.26. The summed E-state index contributed by atoms with van der Waals surface area (Å²) in [7, 11) is 0. The Kier molecular flexibility index (Phi) is 6.34. The molecule has 0 spiro atoms. The highest BCUT2D eigenvalue weighted by Crippen LogP contribution is 2.18. The Bertz CT molecular complexity index is 1010. The summed E-state index contributed by atoms with van der Waals surface area (Å²) < 4.78 is 8.48. The quantitative estimate of drug-likeness (QED) is 0.532. The van der Waals surface area contributed by atoms with Gasteiger partial charge in [-0.25, -0.2) is 4.79 Å². The molecule has 2 aromatic carbocycles. The standard InChI is InChI=1S/C22H25N5O3/c28-17-19-6-8-20(9-7-19)27-22(29)26(23-24-27)16-18-10-12-25(13-11-18)14-15-30-21-4-2-1-3-5-21/h1-9,17-18H,10-16H2. The van der Waals surface area contributed by atoms with Crippen LogP contribution in [0, 0.1) is 5.92 Å². The van der Waals surface area contributed by atoms with Gasteiger partial charge in [0, 0.05) is 12.1 Å². The number of benzene rings is 2. The fourth-order valence-electron chi connectivity index (χ4n) is 3.69. The lowest BCUT2D eigenvalue weighted by molar-refractivity contribution is 0.112. The largest absolute Gasteiger partial charge is 0.492 e. The highest BCUT2D eigenvalue weighted by molar-refractivity contribution is 5.75. The fourth-order valence-corrected chi connectivity index (χ4v) is 3.69. The molecule has 1 saturated heterocycles. The molecule has 2 heterocycles. The summed E-state index contributed by atoms with van der Waals surface area (Å²) in [5, 5.41) is 8.04. The average Bonchev–Trinajstić information content (AvgIpc) is 3.16. The summed E-state index contributed by atoms with van der Waals surface area (Å²) in [5.74, 6) is 1.30. The van der Waals surface area contributed by atoms with Gasteiger partial charge in [0.25, 0.3) is 0 Å². The zero-order chi connectivity index (χ0) is 20.8. The van der Waals surface area contributed by atoms with Crippen LogP contribution in [0.5, 0.6) is 5.75 Å². The number of nitrogens with zero attached hydrogens (tertiary/aromatic N) is 5. The summed E-state index contributed by atoms with van der Waals surface area (Å²) in [4.78, 5) is 25.8. The van der Waals surface area contributed by atoms with Crippen LogP contribution in [-0.4, -0.2) is 57.2 Å². The molecule has 0 saturated carbocycles.